The van der Waals surface area contributed by atoms with Crippen LogP contribution in [0.2, 0.25) is 0 Å². The second-order valence-electron chi connectivity index (χ2n) is 3.95. The minimum Gasteiger partial charge on any atom is -0.496 e. The van der Waals surface area contributed by atoms with Crippen molar-refractivity contribution >= 4 is 37.5 Å². The van der Waals surface area contributed by atoms with Crippen molar-refractivity contribution < 1.29 is 9.47 Å². The van der Waals surface area contributed by atoms with Crippen molar-refractivity contribution in [2.24, 2.45) is 0 Å². The smallest absolute Gasteiger partial charge is 0.136 e. The van der Waals surface area contributed by atoms with Gasteiger partial charge in [0.2, 0.25) is 0 Å². The van der Waals surface area contributed by atoms with Gasteiger partial charge in [-0.2, -0.15) is 0 Å². The van der Waals surface area contributed by atoms with Gasteiger partial charge < -0.3 is 15.2 Å². The van der Waals surface area contributed by atoms with E-state index in [1.807, 2.05) is 30.3 Å². The van der Waals surface area contributed by atoms with Crippen molar-refractivity contribution in [1.29, 1.82) is 0 Å². The number of hydrogen-bond donors (Lipinski definition) is 1. The predicted molar refractivity (Wildman–Crippen MR) is 83.6 cm³/mol. The van der Waals surface area contributed by atoms with Crippen molar-refractivity contribution in [1.82, 2.24) is 0 Å². The molecule has 2 aromatic carbocycles. The second kappa shape index (κ2) is 6.30. The molecule has 0 fully saturated rings. The molecule has 2 aromatic rings. The minimum absolute atomic E-state index is 0.463. The van der Waals surface area contributed by atoms with Crippen LogP contribution in [-0.2, 0) is 6.61 Å². The lowest BCUT2D eigenvalue weighted by atomic mass is 10.2. The summed E-state index contributed by atoms with van der Waals surface area (Å²) in [6.45, 7) is 0.463. The molecule has 0 unspecified atom stereocenters. The zero-order chi connectivity index (χ0) is 13.8. The van der Waals surface area contributed by atoms with Crippen molar-refractivity contribution in [2.45, 2.75) is 6.61 Å². The van der Waals surface area contributed by atoms with E-state index in [-0.39, 0.29) is 0 Å². The molecule has 19 heavy (non-hydrogen) atoms. The molecule has 0 saturated heterocycles. The number of nitrogens with two attached hydrogens (primary N) is 1. The van der Waals surface area contributed by atoms with Gasteiger partial charge in [0.05, 0.1) is 16.1 Å². The Morgan fingerprint density at radius 1 is 1.00 bits per heavy atom. The maximum atomic E-state index is 5.74. The quantitative estimate of drug-likeness (QED) is 0.793. The Labute approximate surface area is 129 Å². The number of methoxy groups -OCH3 is 1. The van der Waals surface area contributed by atoms with Crippen LogP contribution in [0.4, 0.5) is 5.69 Å². The molecule has 5 heteroatoms. The van der Waals surface area contributed by atoms with Gasteiger partial charge in [-0.3, -0.25) is 0 Å². The van der Waals surface area contributed by atoms with Crippen LogP contribution >= 0.6 is 31.9 Å². The topological polar surface area (TPSA) is 44.5 Å². The van der Waals surface area contributed by atoms with Gasteiger partial charge in [0.25, 0.3) is 0 Å². The highest BCUT2D eigenvalue weighted by Gasteiger charge is 2.05. The highest BCUT2D eigenvalue weighted by Crippen LogP contribution is 2.29. The molecule has 0 saturated carbocycles. The molecule has 0 aliphatic heterocycles. The number of rotatable bonds is 4. The summed E-state index contributed by atoms with van der Waals surface area (Å²) >= 11 is 6.88. The maximum Gasteiger partial charge on any atom is 0.136 e. The van der Waals surface area contributed by atoms with Crippen LogP contribution in [-0.4, -0.2) is 7.11 Å². The molecule has 3 nitrogen and oxygen atoms in total. The molecule has 0 spiro atoms. The second-order valence-corrected chi connectivity index (χ2v) is 5.66. The van der Waals surface area contributed by atoms with Crippen LogP contribution in [0.15, 0.2) is 45.3 Å². The lowest BCUT2D eigenvalue weighted by molar-refractivity contribution is 0.304. The average Bonchev–Trinajstić information content (AvgIpc) is 2.40. The van der Waals surface area contributed by atoms with Crippen molar-refractivity contribution in [3.8, 4) is 11.5 Å². The molecule has 0 bridgehead atoms. The largest absolute Gasteiger partial charge is 0.496 e. The summed E-state index contributed by atoms with van der Waals surface area (Å²) in [5, 5.41) is 0. The first-order chi connectivity index (χ1) is 9.10. The Kier molecular flexibility index (Phi) is 4.71. The number of anilines is 1. The summed E-state index contributed by atoms with van der Waals surface area (Å²) < 4.78 is 12.7. The van der Waals surface area contributed by atoms with Gasteiger partial charge in [-0.25, -0.2) is 0 Å². The fourth-order valence-corrected chi connectivity index (χ4v) is 2.54. The minimum atomic E-state index is 0.463. The van der Waals surface area contributed by atoms with Crippen LogP contribution < -0.4 is 15.2 Å². The first kappa shape index (κ1) is 14.2. The first-order valence-electron chi connectivity index (χ1n) is 5.60. The van der Waals surface area contributed by atoms with Crippen molar-refractivity contribution in [3.05, 3.63) is 50.9 Å². The number of hydrogen-bond acceptors (Lipinski definition) is 3. The monoisotopic (exact) mass is 385 g/mol. The Morgan fingerprint density at radius 2 is 1.79 bits per heavy atom. The number of nitrogen functional groups attached to an aromatic ring is 1. The van der Waals surface area contributed by atoms with Gasteiger partial charge in [-0.1, -0.05) is 6.07 Å². The molecule has 100 valence electrons. The van der Waals surface area contributed by atoms with Gasteiger partial charge in [0, 0.05) is 11.8 Å². The van der Waals surface area contributed by atoms with Gasteiger partial charge in [-0.05, 0) is 61.7 Å². The molecule has 0 heterocycles. The third-order valence-electron chi connectivity index (χ3n) is 2.57. The molecule has 0 aliphatic rings. The fraction of sp³-hybridized carbons (Fsp3) is 0.143. The summed E-state index contributed by atoms with van der Waals surface area (Å²) in [6, 6.07) is 11.3. The van der Waals surface area contributed by atoms with Crippen LogP contribution in [0.25, 0.3) is 0 Å². The van der Waals surface area contributed by atoms with E-state index < -0.39 is 0 Å². The summed E-state index contributed by atoms with van der Waals surface area (Å²) in [4.78, 5) is 0. The van der Waals surface area contributed by atoms with Gasteiger partial charge >= 0.3 is 0 Å². The molecular weight excluding hydrogens is 374 g/mol. The lowest BCUT2D eigenvalue weighted by Gasteiger charge is -2.10. The maximum absolute atomic E-state index is 5.74. The standard InChI is InChI=1S/C14H13Br2NO2/c1-18-13-5-2-9(6-12(13)16)8-19-14-7-10(17)3-4-11(14)15/h2-7H,8,17H2,1H3. The summed E-state index contributed by atoms with van der Waals surface area (Å²) in [5.41, 5.74) is 7.45. The molecule has 0 aliphatic carbocycles. The van der Waals surface area contributed by atoms with E-state index in [0.29, 0.717) is 12.3 Å². The third-order valence-corrected chi connectivity index (χ3v) is 3.84. The zero-order valence-electron chi connectivity index (χ0n) is 10.3. The van der Waals surface area contributed by atoms with E-state index in [2.05, 4.69) is 31.9 Å². The van der Waals surface area contributed by atoms with Crippen LogP contribution in [0.3, 0.4) is 0 Å². The van der Waals surface area contributed by atoms with E-state index in [1.54, 1.807) is 13.2 Å². The Balaban J connectivity index is 2.10. The number of benzene rings is 2. The third kappa shape index (κ3) is 3.64. The predicted octanol–water partition coefficient (Wildman–Crippen LogP) is 4.38. The summed E-state index contributed by atoms with van der Waals surface area (Å²) in [5.74, 6) is 1.53. The van der Waals surface area contributed by atoms with E-state index in [0.717, 1.165) is 26.0 Å². The molecular formula is C14H13Br2NO2. The Hall–Kier alpha value is -1.20. The van der Waals surface area contributed by atoms with E-state index in [9.17, 15) is 0 Å². The molecule has 0 atom stereocenters. The first-order valence-corrected chi connectivity index (χ1v) is 7.19. The van der Waals surface area contributed by atoms with Crippen LogP contribution in [0.1, 0.15) is 5.56 Å². The fourth-order valence-electron chi connectivity index (χ4n) is 1.59. The highest BCUT2D eigenvalue weighted by atomic mass is 79.9. The SMILES string of the molecule is COc1ccc(COc2cc(N)ccc2Br)cc1Br. The van der Waals surface area contributed by atoms with E-state index in [1.165, 1.54) is 0 Å². The molecule has 0 amide bonds. The van der Waals surface area contributed by atoms with Crippen molar-refractivity contribution in [2.75, 3.05) is 12.8 Å². The summed E-state index contributed by atoms with van der Waals surface area (Å²) in [6.07, 6.45) is 0. The zero-order valence-corrected chi connectivity index (χ0v) is 13.5. The summed E-state index contributed by atoms with van der Waals surface area (Å²) in [7, 11) is 1.64. The number of ether oxygens (including phenoxy) is 2. The van der Waals surface area contributed by atoms with Gasteiger partial charge in [-0.15, -0.1) is 0 Å². The van der Waals surface area contributed by atoms with Crippen LogP contribution in [0.5, 0.6) is 11.5 Å². The van der Waals surface area contributed by atoms with E-state index >= 15 is 0 Å². The highest BCUT2D eigenvalue weighted by molar-refractivity contribution is 9.10. The Morgan fingerprint density at radius 3 is 2.47 bits per heavy atom. The van der Waals surface area contributed by atoms with E-state index in [4.69, 9.17) is 15.2 Å². The van der Waals surface area contributed by atoms with Gasteiger partial charge in [0.15, 0.2) is 0 Å². The van der Waals surface area contributed by atoms with Gasteiger partial charge in [0.1, 0.15) is 18.1 Å². The molecule has 0 aromatic heterocycles. The molecule has 0 radical (unpaired) electrons. The Bertz CT molecular complexity index is 588. The molecule has 2 N–H and O–H groups in total. The van der Waals surface area contributed by atoms with Crippen molar-refractivity contribution in [3.63, 3.8) is 0 Å². The number of halogens is 2. The normalized spacial score (nSPS) is 10.3. The lowest BCUT2D eigenvalue weighted by Crippen LogP contribution is -1.97. The molecule has 2 rings (SSSR count). The average molecular weight is 387 g/mol. The van der Waals surface area contributed by atoms with Crippen LogP contribution in [0, 0.1) is 0 Å².